The summed E-state index contributed by atoms with van der Waals surface area (Å²) in [6.45, 7) is 2.78. The molecular weight excluding hydrogens is 526 g/mol. The second-order valence-electron chi connectivity index (χ2n) is 11.0. The van der Waals surface area contributed by atoms with Crippen molar-refractivity contribution < 1.29 is 39.8 Å². The Morgan fingerprint density at radius 1 is 0.805 bits per heavy atom. The summed E-state index contributed by atoms with van der Waals surface area (Å²) in [5, 5.41) is 52.4. The second-order valence-corrected chi connectivity index (χ2v) is 11.0. The number of amides is 1. The van der Waals surface area contributed by atoms with Crippen molar-refractivity contribution in [3.05, 3.63) is 36.5 Å². The Balaban J connectivity index is 2.22. The van der Waals surface area contributed by atoms with Crippen LogP contribution in [0.5, 0.6) is 0 Å². The first-order chi connectivity index (χ1) is 19.8. The fourth-order valence-corrected chi connectivity index (χ4v) is 4.69. The SMILES string of the molecule is CCCCCCCCCCC/C=C/CC/C=C/CC/C=C/C(O)C(COC1OC(CO)C(O)C(O)C1O)NC(C)=O. The molecule has 0 aromatic carbocycles. The van der Waals surface area contributed by atoms with Crippen LogP contribution in [0.1, 0.15) is 104 Å². The van der Waals surface area contributed by atoms with Crippen molar-refractivity contribution in [1.29, 1.82) is 0 Å². The summed E-state index contributed by atoms with van der Waals surface area (Å²) in [4.78, 5) is 11.6. The van der Waals surface area contributed by atoms with Gasteiger partial charge in [0.2, 0.25) is 5.91 Å². The number of carbonyl (C=O) groups excluding carboxylic acids is 1. The number of allylic oxidation sites excluding steroid dienone is 5. The van der Waals surface area contributed by atoms with Gasteiger partial charge in [-0.2, -0.15) is 0 Å². The average molecular weight is 584 g/mol. The molecule has 1 heterocycles. The van der Waals surface area contributed by atoms with Crippen LogP contribution >= 0.6 is 0 Å². The quantitative estimate of drug-likeness (QED) is 0.0786. The number of carbonyl (C=O) groups is 1. The molecule has 9 heteroatoms. The topological polar surface area (TPSA) is 149 Å². The third-order valence-electron chi connectivity index (χ3n) is 7.23. The van der Waals surface area contributed by atoms with Crippen molar-refractivity contribution in [3.63, 3.8) is 0 Å². The van der Waals surface area contributed by atoms with Crippen molar-refractivity contribution in [1.82, 2.24) is 5.32 Å². The third-order valence-corrected chi connectivity index (χ3v) is 7.23. The highest BCUT2D eigenvalue weighted by Gasteiger charge is 2.44. The fourth-order valence-electron chi connectivity index (χ4n) is 4.69. The lowest BCUT2D eigenvalue weighted by molar-refractivity contribution is -0.302. The van der Waals surface area contributed by atoms with Crippen molar-refractivity contribution in [2.24, 2.45) is 0 Å². The molecule has 0 bridgehead atoms. The Morgan fingerprint density at radius 3 is 1.90 bits per heavy atom. The molecule has 0 radical (unpaired) electrons. The molecule has 1 amide bonds. The number of unbranched alkanes of at least 4 members (excludes halogenated alkanes) is 11. The highest BCUT2D eigenvalue weighted by Crippen LogP contribution is 2.22. The van der Waals surface area contributed by atoms with Gasteiger partial charge in [0.25, 0.3) is 0 Å². The Kier molecular flexibility index (Phi) is 21.8. The number of aliphatic hydroxyl groups is 5. The number of ether oxygens (including phenoxy) is 2. The normalized spacial score (nSPS) is 24.9. The lowest BCUT2D eigenvalue weighted by atomic mass is 9.99. The van der Waals surface area contributed by atoms with Crippen molar-refractivity contribution in [2.45, 2.75) is 147 Å². The zero-order valence-corrected chi connectivity index (χ0v) is 25.3. The molecule has 0 aromatic heterocycles. The van der Waals surface area contributed by atoms with Gasteiger partial charge in [-0.05, 0) is 38.5 Å². The highest BCUT2D eigenvalue weighted by molar-refractivity contribution is 5.73. The van der Waals surface area contributed by atoms with E-state index >= 15 is 0 Å². The number of hydrogen-bond donors (Lipinski definition) is 6. The standard InChI is InChI=1S/C32H57NO8/c1-3-4-5-6-7-8-9-10-11-12-13-14-15-16-17-18-19-20-21-22-27(36)26(33-25(2)35)24-40-32-31(39)30(38)29(37)28(23-34)41-32/h13-14,17-18,21-22,26-32,34,36-39H,3-12,15-16,19-20,23-24H2,1-2H3,(H,33,35)/b14-13+,18-17+,22-21+. The van der Waals surface area contributed by atoms with Crippen LogP contribution in [0.25, 0.3) is 0 Å². The Labute approximate surface area is 247 Å². The molecule has 1 saturated heterocycles. The van der Waals surface area contributed by atoms with E-state index in [2.05, 4.69) is 36.5 Å². The van der Waals surface area contributed by atoms with Gasteiger partial charge in [-0.15, -0.1) is 0 Å². The first kappa shape index (κ1) is 37.4. The Hall–Kier alpha value is -1.59. The Morgan fingerprint density at radius 2 is 1.34 bits per heavy atom. The molecule has 0 aromatic rings. The van der Waals surface area contributed by atoms with Crippen LogP contribution in [-0.2, 0) is 14.3 Å². The van der Waals surface area contributed by atoms with Crippen LogP contribution in [0.15, 0.2) is 36.5 Å². The average Bonchev–Trinajstić information content (AvgIpc) is 2.95. The summed E-state index contributed by atoms with van der Waals surface area (Å²) in [6, 6.07) is -0.825. The molecule has 7 atom stereocenters. The first-order valence-electron chi connectivity index (χ1n) is 15.7. The third kappa shape index (κ3) is 17.2. The molecule has 1 fully saturated rings. The number of hydrogen-bond acceptors (Lipinski definition) is 8. The molecule has 0 saturated carbocycles. The van der Waals surface area contributed by atoms with Gasteiger partial charge in [-0.3, -0.25) is 4.79 Å². The van der Waals surface area contributed by atoms with Gasteiger partial charge in [0.15, 0.2) is 6.29 Å². The molecule has 7 unspecified atom stereocenters. The molecule has 0 aliphatic carbocycles. The predicted octanol–water partition coefficient (Wildman–Crippen LogP) is 3.82. The molecule has 0 spiro atoms. The van der Waals surface area contributed by atoms with Crippen molar-refractivity contribution in [3.8, 4) is 0 Å². The minimum Gasteiger partial charge on any atom is -0.394 e. The minimum atomic E-state index is -1.57. The lowest BCUT2D eigenvalue weighted by Gasteiger charge is -2.40. The van der Waals surface area contributed by atoms with E-state index in [1.165, 1.54) is 71.1 Å². The van der Waals surface area contributed by atoms with Gasteiger partial charge >= 0.3 is 0 Å². The zero-order valence-electron chi connectivity index (χ0n) is 25.3. The second kappa shape index (κ2) is 23.9. The number of aliphatic hydroxyl groups excluding tert-OH is 5. The molecule has 1 rings (SSSR count). The van der Waals surface area contributed by atoms with E-state index in [0.29, 0.717) is 0 Å². The largest absolute Gasteiger partial charge is 0.394 e. The van der Waals surface area contributed by atoms with Gasteiger partial charge < -0.3 is 40.3 Å². The van der Waals surface area contributed by atoms with Gasteiger partial charge in [0.05, 0.1) is 25.4 Å². The van der Waals surface area contributed by atoms with Crippen LogP contribution in [0, 0.1) is 0 Å². The van der Waals surface area contributed by atoms with E-state index in [-0.39, 0.29) is 12.5 Å². The number of nitrogens with one attached hydrogen (secondary N) is 1. The van der Waals surface area contributed by atoms with E-state index in [0.717, 1.165) is 25.7 Å². The molecule has 238 valence electrons. The molecule has 6 N–H and O–H groups in total. The summed E-state index contributed by atoms with van der Waals surface area (Å²) in [7, 11) is 0. The number of rotatable bonds is 23. The van der Waals surface area contributed by atoms with E-state index in [1.807, 2.05) is 6.08 Å². The summed E-state index contributed by atoms with van der Waals surface area (Å²) in [5.74, 6) is -0.370. The van der Waals surface area contributed by atoms with Crippen LogP contribution in [0.2, 0.25) is 0 Å². The maximum atomic E-state index is 11.6. The summed E-state index contributed by atoms with van der Waals surface area (Å²) < 4.78 is 10.8. The van der Waals surface area contributed by atoms with E-state index in [1.54, 1.807) is 6.08 Å². The molecule has 1 aliphatic rings. The molecule has 41 heavy (non-hydrogen) atoms. The Bertz CT molecular complexity index is 741. The predicted molar refractivity (Wildman–Crippen MR) is 161 cm³/mol. The van der Waals surface area contributed by atoms with Gasteiger partial charge in [-0.1, -0.05) is 94.7 Å². The van der Waals surface area contributed by atoms with Crippen LogP contribution in [-0.4, -0.2) is 87.5 Å². The summed E-state index contributed by atoms with van der Waals surface area (Å²) in [6.07, 6.45) is 21.1. The van der Waals surface area contributed by atoms with Crippen molar-refractivity contribution in [2.75, 3.05) is 13.2 Å². The van der Waals surface area contributed by atoms with Gasteiger partial charge in [-0.25, -0.2) is 0 Å². The minimum absolute atomic E-state index is 0.222. The molecular formula is C32H57NO8. The fraction of sp³-hybridized carbons (Fsp3) is 0.781. The zero-order chi connectivity index (χ0) is 30.3. The maximum absolute atomic E-state index is 11.6. The first-order valence-corrected chi connectivity index (χ1v) is 15.7. The van der Waals surface area contributed by atoms with Crippen LogP contribution in [0.4, 0.5) is 0 Å². The summed E-state index contributed by atoms with van der Waals surface area (Å²) >= 11 is 0. The molecule has 9 nitrogen and oxygen atoms in total. The smallest absolute Gasteiger partial charge is 0.217 e. The molecule has 1 aliphatic heterocycles. The van der Waals surface area contributed by atoms with E-state index in [9.17, 15) is 30.3 Å². The van der Waals surface area contributed by atoms with Crippen molar-refractivity contribution >= 4 is 5.91 Å². The highest BCUT2D eigenvalue weighted by atomic mass is 16.7. The van der Waals surface area contributed by atoms with Crippen LogP contribution in [0.3, 0.4) is 0 Å². The van der Waals surface area contributed by atoms with Gasteiger partial charge in [0, 0.05) is 6.92 Å². The van der Waals surface area contributed by atoms with Gasteiger partial charge in [0.1, 0.15) is 24.4 Å². The summed E-state index contributed by atoms with van der Waals surface area (Å²) in [5.41, 5.74) is 0. The van der Waals surface area contributed by atoms with E-state index in [4.69, 9.17) is 9.47 Å². The maximum Gasteiger partial charge on any atom is 0.217 e. The monoisotopic (exact) mass is 583 g/mol. The lowest BCUT2D eigenvalue weighted by Crippen LogP contribution is -2.60. The van der Waals surface area contributed by atoms with E-state index < -0.39 is 49.5 Å². The van der Waals surface area contributed by atoms with Crippen LogP contribution < -0.4 is 5.32 Å².